The smallest absolute Gasteiger partial charge is 0.435 e. The topological polar surface area (TPSA) is 56.6 Å². The average Bonchev–Trinajstić information content (AvgIpc) is 3.11. The first-order valence-electron chi connectivity index (χ1n) is 9.11. The Balaban J connectivity index is 1.72. The number of hydrogen-bond acceptors (Lipinski definition) is 4. The molecular formula is C19H22F3N3O3. The molecule has 0 saturated carbocycles. The highest BCUT2D eigenvalue weighted by atomic mass is 19.4. The number of hydrogen-bond donors (Lipinski definition) is 0. The zero-order chi connectivity index (χ0) is 20.3. The molecule has 2 heterocycles. The molecule has 152 valence electrons. The number of ether oxygens (including phenoxy) is 2. The van der Waals surface area contributed by atoms with Gasteiger partial charge in [-0.1, -0.05) is 0 Å². The number of nitrogens with zero attached hydrogens (tertiary/aromatic N) is 3. The third kappa shape index (κ3) is 4.40. The van der Waals surface area contributed by atoms with Crippen molar-refractivity contribution in [1.29, 1.82) is 0 Å². The molecule has 0 N–H and O–H groups in total. The molecule has 1 aliphatic heterocycles. The number of fused-ring (bicyclic) bond motifs is 1. The van der Waals surface area contributed by atoms with E-state index in [1.807, 2.05) is 26.0 Å². The molecule has 1 amide bonds. The average molecular weight is 397 g/mol. The van der Waals surface area contributed by atoms with Gasteiger partial charge in [0.05, 0.1) is 13.2 Å². The van der Waals surface area contributed by atoms with Crippen LogP contribution in [0.4, 0.5) is 13.2 Å². The number of rotatable bonds is 6. The third-order valence-corrected chi connectivity index (χ3v) is 4.46. The van der Waals surface area contributed by atoms with Crippen LogP contribution in [-0.2, 0) is 30.5 Å². The second-order valence-corrected chi connectivity index (χ2v) is 6.40. The number of amides is 1. The molecule has 0 aliphatic carbocycles. The van der Waals surface area contributed by atoms with Crippen molar-refractivity contribution in [2.75, 3.05) is 19.8 Å². The third-order valence-electron chi connectivity index (χ3n) is 4.46. The molecule has 1 aromatic heterocycles. The summed E-state index contributed by atoms with van der Waals surface area (Å²) >= 11 is 0. The fourth-order valence-corrected chi connectivity index (χ4v) is 3.15. The molecule has 0 fully saturated rings. The molecule has 0 unspecified atom stereocenters. The van der Waals surface area contributed by atoms with Crippen LogP contribution in [0.15, 0.2) is 24.4 Å². The van der Waals surface area contributed by atoms with E-state index in [0.29, 0.717) is 44.2 Å². The lowest BCUT2D eigenvalue weighted by atomic mass is 9.98. The predicted molar refractivity (Wildman–Crippen MR) is 95.1 cm³/mol. The zero-order valence-electron chi connectivity index (χ0n) is 15.8. The number of halogens is 3. The van der Waals surface area contributed by atoms with E-state index >= 15 is 0 Å². The Bertz CT molecular complexity index is 849. The van der Waals surface area contributed by atoms with Crippen molar-refractivity contribution in [2.45, 2.75) is 39.5 Å². The summed E-state index contributed by atoms with van der Waals surface area (Å²) in [5, 5.41) is 3.44. The van der Waals surface area contributed by atoms with E-state index in [-0.39, 0.29) is 12.5 Å². The van der Waals surface area contributed by atoms with E-state index in [4.69, 9.17) is 9.47 Å². The molecule has 0 radical (unpaired) electrons. The molecule has 3 rings (SSSR count). The first-order chi connectivity index (χ1) is 13.3. The minimum absolute atomic E-state index is 0.235. The highest BCUT2D eigenvalue weighted by Crippen LogP contribution is 2.34. The number of aromatic nitrogens is 2. The summed E-state index contributed by atoms with van der Waals surface area (Å²) in [7, 11) is 0. The van der Waals surface area contributed by atoms with Crippen LogP contribution in [0.25, 0.3) is 0 Å². The summed E-state index contributed by atoms with van der Waals surface area (Å²) in [4.78, 5) is 14.2. The van der Waals surface area contributed by atoms with Crippen LogP contribution in [0.1, 0.15) is 30.7 Å². The molecule has 0 spiro atoms. The Morgan fingerprint density at radius 2 is 1.79 bits per heavy atom. The second-order valence-electron chi connectivity index (χ2n) is 6.40. The minimum atomic E-state index is -4.52. The summed E-state index contributed by atoms with van der Waals surface area (Å²) < 4.78 is 50.2. The van der Waals surface area contributed by atoms with Gasteiger partial charge in [0.2, 0.25) is 5.91 Å². The van der Waals surface area contributed by atoms with E-state index in [9.17, 15) is 18.0 Å². The number of carbonyl (C=O) groups excluding carboxylic acids is 1. The summed E-state index contributed by atoms with van der Waals surface area (Å²) in [6, 6.07) is 4.68. The van der Waals surface area contributed by atoms with Crippen molar-refractivity contribution in [3.63, 3.8) is 0 Å². The van der Waals surface area contributed by atoms with Gasteiger partial charge in [-0.25, -0.2) is 0 Å². The Labute approximate surface area is 160 Å². The van der Waals surface area contributed by atoms with Crippen LogP contribution in [0.2, 0.25) is 0 Å². The van der Waals surface area contributed by atoms with E-state index in [1.165, 1.54) is 6.20 Å². The zero-order valence-corrected chi connectivity index (χ0v) is 15.8. The van der Waals surface area contributed by atoms with Crippen LogP contribution in [0.3, 0.4) is 0 Å². The molecule has 2 aromatic rings. The fourth-order valence-electron chi connectivity index (χ4n) is 3.15. The maximum absolute atomic E-state index is 12.7. The Morgan fingerprint density at radius 1 is 1.14 bits per heavy atom. The first kappa shape index (κ1) is 20.0. The van der Waals surface area contributed by atoms with Crippen LogP contribution >= 0.6 is 0 Å². The van der Waals surface area contributed by atoms with Gasteiger partial charge >= 0.3 is 6.18 Å². The van der Waals surface area contributed by atoms with Gasteiger partial charge in [0.1, 0.15) is 6.54 Å². The summed E-state index contributed by atoms with van der Waals surface area (Å²) in [5.41, 5.74) is 1.02. The maximum atomic E-state index is 12.7. The SMILES string of the molecule is CCOc1cc2c(cc1OCC)CN(C(=O)Cn1ccc(C(F)(F)F)n1)CC2. The van der Waals surface area contributed by atoms with E-state index in [0.717, 1.165) is 21.9 Å². The van der Waals surface area contributed by atoms with Gasteiger partial charge in [-0.15, -0.1) is 0 Å². The number of carbonyl (C=O) groups is 1. The second kappa shape index (κ2) is 8.12. The van der Waals surface area contributed by atoms with Crippen LogP contribution in [0, 0.1) is 0 Å². The molecule has 28 heavy (non-hydrogen) atoms. The minimum Gasteiger partial charge on any atom is -0.490 e. The molecule has 1 aromatic carbocycles. The lowest BCUT2D eigenvalue weighted by Crippen LogP contribution is -2.38. The monoisotopic (exact) mass is 397 g/mol. The largest absolute Gasteiger partial charge is 0.490 e. The van der Waals surface area contributed by atoms with Crippen LogP contribution in [0.5, 0.6) is 11.5 Å². The van der Waals surface area contributed by atoms with Gasteiger partial charge in [0, 0.05) is 19.3 Å². The summed E-state index contributed by atoms with van der Waals surface area (Å²) in [6.45, 7) is 5.41. The summed E-state index contributed by atoms with van der Waals surface area (Å²) in [6.07, 6.45) is -2.72. The van der Waals surface area contributed by atoms with E-state index < -0.39 is 11.9 Å². The van der Waals surface area contributed by atoms with E-state index in [1.54, 1.807) is 4.90 Å². The van der Waals surface area contributed by atoms with Gasteiger partial charge in [-0.2, -0.15) is 18.3 Å². The van der Waals surface area contributed by atoms with Crippen molar-refractivity contribution in [1.82, 2.24) is 14.7 Å². The molecule has 1 aliphatic rings. The molecular weight excluding hydrogens is 375 g/mol. The van der Waals surface area contributed by atoms with Gasteiger partial charge < -0.3 is 14.4 Å². The van der Waals surface area contributed by atoms with Crippen molar-refractivity contribution >= 4 is 5.91 Å². The van der Waals surface area contributed by atoms with Gasteiger partial charge in [-0.3, -0.25) is 9.48 Å². The highest BCUT2D eigenvalue weighted by molar-refractivity contribution is 5.76. The Morgan fingerprint density at radius 3 is 2.36 bits per heavy atom. The maximum Gasteiger partial charge on any atom is 0.435 e. The lowest BCUT2D eigenvalue weighted by Gasteiger charge is -2.30. The summed E-state index contributed by atoms with van der Waals surface area (Å²) in [5.74, 6) is 1.02. The number of benzene rings is 1. The van der Waals surface area contributed by atoms with Gasteiger partial charge in [-0.05, 0) is 49.6 Å². The normalized spacial score (nSPS) is 14.0. The lowest BCUT2D eigenvalue weighted by molar-refractivity contribution is -0.142. The molecule has 0 saturated heterocycles. The van der Waals surface area contributed by atoms with Crippen molar-refractivity contribution in [2.24, 2.45) is 0 Å². The van der Waals surface area contributed by atoms with Crippen LogP contribution in [-0.4, -0.2) is 40.3 Å². The van der Waals surface area contributed by atoms with Crippen LogP contribution < -0.4 is 9.47 Å². The Kier molecular flexibility index (Phi) is 5.81. The number of alkyl halides is 3. The Hall–Kier alpha value is -2.71. The van der Waals surface area contributed by atoms with Gasteiger partial charge in [0.15, 0.2) is 17.2 Å². The van der Waals surface area contributed by atoms with Crippen molar-refractivity contribution in [3.8, 4) is 11.5 Å². The quantitative estimate of drug-likeness (QED) is 0.751. The standard InChI is InChI=1S/C19H22F3N3O3/c1-3-27-15-9-13-5-7-24(11-14(13)10-16(15)28-4-2)18(26)12-25-8-6-17(23-25)19(20,21)22/h6,8-10H,3-5,7,11-12H2,1-2H3. The van der Waals surface area contributed by atoms with Crippen molar-refractivity contribution in [3.05, 3.63) is 41.2 Å². The van der Waals surface area contributed by atoms with Crippen molar-refractivity contribution < 1.29 is 27.4 Å². The fraction of sp³-hybridized carbons (Fsp3) is 0.474. The predicted octanol–water partition coefficient (Wildman–Crippen LogP) is 3.28. The van der Waals surface area contributed by atoms with Gasteiger partial charge in [0.25, 0.3) is 0 Å². The first-order valence-corrected chi connectivity index (χ1v) is 9.11. The highest BCUT2D eigenvalue weighted by Gasteiger charge is 2.34. The molecule has 0 atom stereocenters. The molecule has 0 bridgehead atoms. The molecule has 6 nitrogen and oxygen atoms in total. The van der Waals surface area contributed by atoms with E-state index in [2.05, 4.69) is 5.10 Å². The molecule has 9 heteroatoms.